The van der Waals surface area contributed by atoms with Gasteiger partial charge in [-0.3, -0.25) is 4.98 Å². The molecule has 0 aliphatic heterocycles. The molecular weight excluding hydrogens is 216 g/mol. The van der Waals surface area contributed by atoms with Gasteiger partial charge in [-0.15, -0.1) is 0 Å². The standard InChI is InChI=1S/C5H3BClF3N.K/c7-4-1-2-5(11-3-4)6(8,9)10;/h1-3H;/q-1;+1. The maximum atomic E-state index is 11.9. The number of pyridine rings is 1. The van der Waals surface area contributed by atoms with Crippen molar-refractivity contribution in [3.05, 3.63) is 23.4 Å². The summed E-state index contributed by atoms with van der Waals surface area (Å²) in [6.45, 7) is -4.99. The molecule has 1 aromatic rings. The molecule has 0 saturated heterocycles. The molecule has 0 N–H and O–H groups in total. The molecule has 0 atom stereocenters. The first-order valence-electron chi connectivity index (χ1n) is 2.81. The summed E-state index contributed by atoms with van der Waals surface area (Å²) in [4.78, 5) is 3.12. The van der Waals surface area contributed by atoms with E-state index < -0.39 is 12.6 Å². The first-order chi connectivity index (χ1) is 5.00. The van der Waals surface area contributed by atoms with Crippen molar-refractivity contribution in [1.82, 2.24) is 4.98 Å². The molecule has 1 heterocycles. The van der Waals surface area contributed by atoms with Gasteiger partial charge in [0.15, 0.2) is 0 Å². The van der Waals surface area contributed by atoms with Crippen LogP contribution in [0.25, 0.3) is 0 Å². The van der Waals surface area contributed by atoms with Crippen LogP contribution in [0.1, 0.15) is 0 Å². The summed E-state index contributed by atoms with van der Waals surface area (Å²) in [6, 6.07) is 2.03. The van der Waals surface area contributed by atoms with Crippen molar-refractivity contribution < 1.29 is 64.3 Å². The maximum absolute atomic E-state index is 11.9. The Labute approximate surface area is 115 Å². The van der Waals surface area contributed by atoms with Gasteiger partial charge in [0.1, 0.15) is 0 Å². The molecule has 0 saturated carbocycles. The van der Waals surface area contributed by atoms with Crippen LogP contribution in [0.3, 0.4) is 0 Å². The van der Waals surface area contributed by atoms with Gasteiger partial charge in [0, 0.05) is 6.20 Å². The minimum absolute atomic E-state index is 0. The van der Waals surface area contributed by atoms with Crippen LogP contribution in [0, 0.1) is 0 Å². The monoisotopic (exact) mass is 219 g/mol. The molecule has 0 spiro atoms. The van der Waals surface area contributed by atoms with Gasteiger partial charge < -0.3 is 12.9 Å². The Morgan fingerprint density at radius 2 is 1.83 bits per heavy atom. The molecule has 12 heavy (non-hydrogen) atoms. The van der Waals surface area contributed by atoms with E-state index in [-0.39, 0.29) is 56.4 Å². The van der Waals surface area contributed by atoms with Gasteiger partial charge >= 0.3 is 58.4 Å². The number of hydrogen-bond donors (Lipinski definition) is 0. The summed E-state index contributed by atoms with van der Waals surface area (Å²) in [6.07, 6.45) is 0.978. The van der Waals surface area contributed by atoms with E-state index in [9.17, 15) is 12.9 Å². The van der Waals surface area contributed by atoms with Crippen molar-refractivity contribution in [3.63, 3.8) is 0 Å². The van der Waals surface area contributed by atoms with Crippen molar-refractivity contribution in [3.8, 4) is 0 Å². The van der Waals surface area contributed by atoms with Gasteiger partial charge in [-0.05, 0) is 11.7 Å². The Morgan fingerprint density at radius 1 is 1.25 bits per heavy atom. The second-order valence-corrected chi connectivity index (χ2v) is 2.41. The molecule has 1 nitrogen and oxygen atoms in total. The molecule has 0 aliphatic rings. The van der Waals surface area contributed by atoms with E-state index in [4.69, 9.17) is 11.6 Å². The largest absolute Gasteiger partial charge is 1.00 e. The van der Waals surface area contributed by atoms with Gasteiger partial charge in [-0.1, -0.05) is 17.7 Å². The zero-order valence-electron chi connectivity index (χ0n) is 6.27. The predicted octanol–water partition coefficient (Wildman–Crippen LogP) is -1.21. The predicted molar refractivity (Wildman–Crippen MR) is 38.0 cm³/mol. The topological polar surface area (TPSA) is 12.9 Å². The molecule has 7 heteroatoms. The van der Waals surface area contributed by atoms with Crippen molar-refractivity contribution in [2.24, 2.45) is 0 Å². The summed E-state index contributed by atoms with van der Waals surface area (Å²) in [7, 11) is 0. The summed E-state index contributed by atoms with van der Waals surface area (Å²) in [5.74, 6) is 0. The molecule has 1 rings (SSSR count). The number of hydrogen-bond acceptors (Lipinski definition) is 1. The Balaban J connectivity index is 0.00000121. The van der Waals surface area contributed by atoms with Gasteiger partial charge in [-0.2, -0.15) is 0 Å². The van der Waals surface area contributed by atoms with Crippen LogP contribution in [0.2, 0.25) is 5.02 Å². The smallest absolute Gasteiger partial charge is 0.444 e. The third-order valence-electron chi connectivity index (χ3n) is 1.09. The zero-order chi connectivity index (χ0) is 8.48. The molecular formula is C5H3BClF3KN. The van der Waals surface area contributed by atoms with E-state index in [2.05, 4.69) is 4.98 Å². The van der Waals surface area contributed by atoms with Crippen LogP contribution in [0.5, 0.6) is 0 Å². The Hall–Kier alpha value is 0.931. The fourth-order valence-corrected chi connectivity index (χ4v) is 0.693. The average Bonchev–Trinajstić information content (AvgIpc) is 1.86. The van der Waals surface area contributed by atoms with E-state index in [1.165, 1.54) is 6.07 Å². The minimum Gasteiger partial charge on any atom is -0.444 e. The van der Waals surface area contributed by atoms with E-state index in [0.717, 1.165) is 12.3 Å². The first kappa shape index (κ1) is 12.9. The molecule has 1 aromatic heterocycles. The summed E-state index contributed by atoms with van der Waals surface area (Å²) < 4.78 is 35.6. The average molecular weight is 219 g/mol. The molecule has 0 fully saturated rings. The van der Waals surface area contributed by atoms with Crippen molar-refractivity contribution >= 4 is 24.2 Å². The minimum atomic E-state index is -4.99. The van der Waals surface area contributed by atoms with Gasteiger partial charge in [0.25, 0.3) is 0 Å². The van der Waals surface area contributed by atoms with Gasteiger partial charge in [0.05, 0.1) is 5.02 Å². The number of rotatable bonds is 1. The third-order valence-corrected chi connectivity index (χ3v) is 1.31. The summed E-state index contributed by atoms with van der Waals surface area (Å²) in [5, 5.41) is 0.203. The van der Waals surface area contributed by atoms with E-state index in [0.29, 0.717) is 0 Å². The summed E-state index contributed by atoms with van der Waals surface area (Å²) >= 11 is 5.34. The Morgan fingerprint density at radius 3 is 2.17 bits per heavy atom. The molecule has 0 radical (unpaired) electrons. The molecule has 0 unspecified atom stereocenters. The molecule has 0 bridgehead atoms. The quantitative estimate of drug-likeness (QED) is 0.541. The second kappa shape index (κ2) is 4.97. The van der Waals surface area contributed by atoms with E-state index >= 15 is 0 Å². The maximum Gasteiger partial charge on any atom is 1.00 e. The number of aromatic nitrogens is 1. The van der Waals surface area contributed by atoms with Gasteiger partial charge in [-0.25, -0.2) is 0 Å². The molecule has 60 valence electrons. The SMILES string of the molecule is F[B-](F)(F)c1ccc(Cl)cn1.[K+]. The van der Waals surface area contributed by atoms with Crippen LogP contribution in [0.4, 0.5) is 12.9 Å². The van der Waals surface area contributed by atoms with E-state index in [1.807, 2.05) is 0 Å². The van der Waals surface area contributed by atoms with Crippen molar-refractivity contribution in [1.29, 1.82) is 0 Å². The molecule has 0 aliphatic carbocycles. The fourth-order valence-electron chi connectivity index (χ4n) is 0.581. The third kappa shape index (κ3) is 3.76. The van der Waals surface area contributed by atoms with E-state index in [1.54, 1.807) is 0 Å². The first-order valence-corrected chi connectivity index (χ1v) is 3.19. The second-order valence-electron chi connectivity index (χ2n) is 1.98. The van der Waals surface area contributed by atoms with Gasteiger partial charge in [0.2, 0.25) is 0 Å². The molecule has 0 amide bonds. The Kier molecular flexibility index (Phi) is 5.36. The zero-order valence-corrected chi connectivity index (χ0v) is 10.1. The number of nitrogens with zero attached hydrogens (tertiary/aromatic N) is 1. The number of halogens is 4. The van der Waals surface area contributed by atoms with Crippen molar-refractivity contribution in [2.75, 3.05) is 0 Å². The summed E-state index contributed by atoms with van der Waals surface area (Å²) in [5.41, 5.74) is -0.866. The fraction of sp³-hybridized carbons (Fsp3) is 0. The van der Waals surface area contributed by atoms with Crippen LogP contribution in [-0.2, 0) is 0 Å². The van der Waals surface area contributed by atoms with Crippen LogP contribution < -0.4 is 57.0 Å². The normalized spacial score (nSPS) is 10.7. The molecule has 0 aromatic carbocycles. The van der Waals surface area contributed by atoms with Crippen LogP contribution in [-0.4, -0.2) is 12.0 Å². The van der Waals surface area contributed by atoms with Crippen molar-refractivity contribution in [2.45, 2.75) is 0 Å². The van der Waals surface area contributed by atoms with Crippen LogP contribution in [0.15, 0.2) is 18.3 Å². The van der Waals surface area contributed by atoms with Crippen LogP contribution >= 0.6 is 11.6 Å². The Bertz CT molecular complexity index is 250.